The van der Waals surface area contributed by atoms with Gasteiger partial charge in [-0.15, -0.1) is 0 Å². The summed E-state index contributed by atoms with van der Waals surface area (Å²) in [5.41, 5.74) is -1.66. The molecule has 38 heavy (non-hydrogen) atoms. The predicted octanol–water partition coefficient (Wildman–Crippen LogP) is 2.29. The van der Waals surface area contributed by atoms with E-state index in [0.717, 1.165) is 46.6 Å². The molecule has 3 heterocycles. The number of morpholine rings is 1. The number of fused-ring (bicyclic) bond motifs is 1. The molecule has 1 saturated carbocycles. The van der Waals surface area contributed by atoms with Crippen molar-refractivity contribution in [1.82, 2.24) is 24.3 Å². The molecule has 1 aliphatic heterocycles. The summed E-state index contributed by atoms with van der Waals surface area (Å²) < 4.78 is 49.0. The van der Waals surface area contributed by atoms with Crippen LogP contribution in [-0.4, -0.2) is 63.8 Å². The molecule has 2 aromatic heterocycles. The number of aromatic nitrogens is 3. The van der Waals surface area contributed by atoms with Crippen LogP contribution in [0, 0.1) is 17.5 Å². The first-order valence-electron chi connectivity index (χ1n) is 12.7. The molecular formula is C26H28F3N5O4. The van der Waals surface area contributed by atoms with Crippen molar-refractivity contribution in [2.45, 2.75) is 44.2 Å². The highest BCUT2D eigenvalue weighted by Crippen LogP contribution is 2.27. The van der Waals surface area contributed by atoms with Crippen molar-refractivity contribution in [2.75, 3.05) is 32.8 Å². The minimum atomic E-state index is -1.17. The predicted molar refractivity (Wildman–Crippen MR) is 133 cm³/mol. The second-order valence-corrected chi connectivity index (χ2v) is 9.69. The Hall–Kier alpha value is -3.51. The van der Waals surface area contributed by atoms with Crippen LogP contribution in [0.15, 0.2) is 40.1 Å². The van der Waals surface area contributed by atoms with Crippen molar-refractivity contribution in [1.29, 1.82) is 0 Å². The summed E-state index contributed by atoms with van der Waals surface area (Å²) in [5, 5.41) is 2.90. The van der Waals surface area contributed by atoms with Crippen molar-refractivity contribution in [3.8, 4) is 5.69 Å². The normalized spacial score (nSPS) is 20.5. The fraction of sp³-hybridized carbons (Fsp3) is 0.462. The minimum Gasteiger partial charge on any atom is -0.379 e. The van der Waals surface area contributed by atoms with E-state index in [1.54, 1.807) is 0 Å². The molecule has 202 valence electrons. The first-order valence-corrected chi connectivity index (χ1v) is 12.7. The van der Waals surface area contributed by atoms with Crippen molar-refractivity contribution in [3.05, 3.63) is 68.8 Å². The SMILES string of the molecule is O=C(CCN1CCOCC1)NC1CCC(n2c(=O)c3cc(F)cnc3n(-c3ccc(F)c(F)c3)c2=O)CC1. The van der Waals surface area contributed by atoms with Crippen LogP contribution in [-0.2, 0) is 9.53 Å². The van der Waals surface area contributed by atoms with Crippen LogP contribution in [0.3, 0.4) is 0 Å². The Morgan fingerprint density at radius 3 is 2.47 bits per heavy atom. The molecule has 0 atom stereocenters. The summed E-state index contributed by atoms with van der Waals surface area (Å²) in [7, 11) is 0. The van der Waals surface area contributed by atoms with Gasteiger partial charge in [0.15, 0.2) is 17.3 Å². The van der Waals surface area contributed by atoms with Gasteiger partial charge in [0, 0.05) is 44.2 Å². The largest absolute Gasteiger partial charge is 0.379 e. The minimum absolute atomic E-state index is 0.0343. The molecule has 1 saturated heterocycles. The number of pyridine rings is 1. The third-order valence-corrected chi connectivity index (χ3v) is 7.24. The van der Waals surface area contributed by atoms with Crippen LogP contribution >= 0.6 is 0 Å². The first-order chi connectivity index (χ1) is 18.3. The monoisotopic (exact) mass is 531 g/mol. The van der Waals surface area contributed by atoms with E-state index in [4.69, 9.17) is 4.74 Å². The highest BCUT2D eigenvalue weighted by molar-refractivity contribution is 5.76. The molecule has 0 bridgehead atoms. The molecule has 2 fully saturated rings. The molecule has 0 radical (unpaired) electrons. The van der Waals surface area contributed by atoms with E-state index in [-0.39, 0.29) is 28.7 Å². The summed E-state index contributed by atoms with van der Waals surface area (Å²) >= 11 is 0. The zero-order chi connectivity index (χ0) is 26.8. The highest BCUT2D eigenvalue weighted by Gasteiger charge is 2.28. The Kier molecular flexibility index (Phi) is 7.61. The smallest absolute Gasteiger partial charge is 0.337 e. The Balaban J connectivity index is 1.36. The summed E-state index contributed by atoms with van der Waals surface area (Å²) in [6, 6.07) is 3.28. The van der Waals surface area contributed by atoms with Crippen LogP contribution in [0.5, 0.6) is 0 Å². The second-order valence-electron chi connectivity index (χ2n) is 9.69. The molecule has 0 spiro atoms. The molecule has 5 rings (SSSR count). The Labute approximate surface area is 215 Å². The van der Waals surface area contributed by atoms with E-state index in [9.17, 15) is 27.6 Å². The molecule has 2 aliphatic rings. The summed E-state index contributed by atoms with van der Waals surface area (Å²) in [6.07, 6.45) is 3.18. The quantitative estimate of drug-likeness (QED) is 0.524. The van der Waals surface area contributed by atoms with Crippen molar-refractivity contribution < 1.29 is 22.7 Å². The lowest BCUT2D eigenvalue weighted by molar-refractivity contribution is -0.122. The number of nitrogens with zero attached hydrogens (tertiary/aromatic N) is 4. The van der Waals surface area contributed by atoms with E-state index in [1.165, 1.54) is 6.07 Å². The lowest BCUT2D eigenvalue weighted by Crippen LogP contribution is -2.45. The van der Waals surface area contributed by atoms with Gasteiger partial charge in [-0.25, -0.2) is 27.5 Å². The molecular weight excluding hydrogens is 503 g/mol. The number of carbonyl (C=O) groups is 1. The van der Waals surface area contributed by atoms with Crippen LogP contribution in [0.25, 0.3) is 16.7 Å². The highest BCUT2D eigenvalue weighted by atomic mass is 19.2. The first kappa shape index (κ1) is 26.1. The zero-order valence-corrected chi connectivity index (χ0v) is 20.7. The maximum atomic E-state index is 14.0. The van der Waals surface area contributed by atoms with Gasteiger partial charge in [0.25, 0.3) is 5.56 Å². The Morgan fingerprint density at radius 1 is 1.03 bits per heavy atom. The summed E-state index contributed by atoms with van der Waals surface area (Å²) in [6.45, 7) is 3.60. The van der Waals surface area contributed by atoms with Gasteiger partial charge in [0.2, 0.25) is 5.91 Å². The van der Waals surface area contributed by atoms with Crippen molar-refractivity contribution in [3.63, 3.8) is 0 Å². The van der Waals surface area contributed by atoms with Gasteiger partial charge in [-0.1, -0.05) is 0 Å². The number of hydrogen-bond acceptors (Lipinski definition) is 6. The van der Waals surface area contributed by atoms with Gasteiger partial charge in [-0.2, -0.15) is 0 Å². The van der Waals surface area contributed by atoms with Crippen LogP contribution < -0.4 is 16.6 Å². The molecule has 12 heteroatoms. The second kappa shape index (κ2) is 11.1. The van der Waals surface area contributed by atoms with Crippen molar-refractivity contribution >= 4 is 16.9 Å². The fourth-order valence-electron chi connectivity index (χ4n) is 5.22. The third-order valence-electron chi connectivity index (χ3n) is 7.24. The molecule has 0 unspecified atom stereocenters. The van der Waals surface area contributed by atoms with Crippen LogP contribution in [0.4, 0.5) is 13.2 Å². The summed E-state index contributed by atoms with van der Waals surface area (Å²) in [5.74, 6) is -3.08. The summed E-state index contributed by atoms with van der Waals surface area (Å²) in [4.78, 5) is 45.5. The number of ether oxygens (including phenoxy) is 1. The van der Waals surface area contributed by atoms with Gasteiger partial charge >= 0.3 is 5.69 Å². The van der Waals surface area contributed by atoms with Gasteiger partial charge in [-0.3, -0.25) is 19.1 Å². The number of halogens is 3. The lowest BCUT2D eigenvalue weighted by Gasteiger charge is -2.31. The molecule has 1 aromatic carbocycles. The average Bonchev–Trinajstić information content (AvgIpc) is 2.91. The number of amides is 1. The maximum absolute atomic E-state index is 14.0. The number of hydrogen-bond donors (Lipinski definition) is 1. The Morgan fingerprint density at radius 2 is 1.76 bits per heavy atom. The molecule has 3 aromatic rings. The van der Waals surface area contributed by atoms with Gasteiger partial charge in [0.1, 0.15) is 5.82 Å². The zero-order valence-electron chi connectivity index (χ0n) is 20.7. The average molecular weight is 532 g/mol. The van der Waals surface area contributed by atoms with Gasteiger partial charge in [-0.05, 0) is 43.9 Å². The Bertz CT molecular complexity index is 1460. The van der Waals surface area contributed by atoms with E-state index < -0.39 is 34.7 Å². The number of benzene rings is 1. The third kappa shape index (κ3) is 5.37. The van der Waals surface area contributed by atoms with E-state index in [0.29, 0.717) is 51.9 Å². The molecule has 1 amide bonds. The number of rotatable bonds is 6. The molecule has 1 N–H and O–H groups in total. The fourth-order valence-corrected chi connectivity index (χ4v) is 5.22. The topological polar surface area (TPSA) is 98.5 Å². The van der Waals surface area contributed by atoms with Crippen LogP contribution in [0.1, 0.15) is 38.1 Å². The molecule has 9 nitrogen and oxygen atoms in total. The molecule has 1 aliphatic carbocycles. The number of nitrogens with one attached hydrogen (secondary N) is 1. The maximum Gasteiger partial charge on any atom is 0.337 e. The van der Waals surface area contributed by atoms with Gasteiger partial charge in [0.05, 0.1) is 30.5 Å². The van der Waals surface area contributed by atoms with Crippen molar-refractivity contribution in [2.24, 2.45) is 0 Å². The van der Waals surface area contributed by atoms with E-state index in [1.807, 2.05) is 0 Å². The lowest BCUT2D eigenvalue weighted by atomic mass is 9.90. The van der Waals surface area contributed by atoms with Crippen LogP contribution in [0.2, 0.25) is 0 Å². The van der Waals surface area contributed by atoms with E-state index >= 15 is 0 Å². The number of carbonyl (C=O) groups excluding carboxylic acids is 1. The van der Waals surface area contributed by atoms with E-state index in [2.05, 4.69) is 15.2 Å². The van der Waals surface area contributed by atoms with Gasteiger partial charge < -0.3 is 10.1 Å². The standard InChI is InChI=1S/C26H28F3N5O4/c27-16-13-20-24(30-15-16)33(19-5-6-21(28)22(29)14-19)26(37)34(25(20)36)18-3-1-17(2-4-18)31-23(35)7-8-32-9-11-38-12-10-32/h5-6,13-15,17-18H,1-4,7-12H2,(H,31,35).